The molecule has 0 fully saturated rings. The fourth-order valence-corrected chi connectivity index (χ4v) is 3.02. The Morgan fingerprint density at radius 1 is 0.885 bits per heavy atom. The van der Waals surface area contributed by atoms with E-state index in [1.807, 2.05) is 48.5 Å². The van der Waals surface area contributed by atoms with Crippen LogP contribution in [0.5, 0.6) is 0 Å². The van der Waals surface area contributed by atoms with Crippen LogP contribution >= 0.6 is 0 Å². The normalized spacial score (nSPS) is 12.8. The summed E-state index contributed by atoms with van der Waals surface area (Å²) in [4.78, 5) is 24.6. The van der Waals surface area contributed by atoms with Crippen LogP contribution in [0.15, 0.2) is 60.7 Å². The number of hydrogen-bond acceptors (Lipinski definition) is 3. The van der Waals surface area contributed by atoms with Crippen LogP contribution in [0, 0.1) is 0 Å². The van der Waals surface area contributed by atoms with Gasteiger partial charge in [0.25, 0.3) is 0 Å². The van der Waals surface area contributed by atoms with Crippen molar-refractivity contribution in [2.24, 2.45) is 0 Å². The third kappa shape index (κ3) is 6.03. The molecule has 0 aliphatic rings. The molecule has 0 saturated carbocycles. The van der Waals surface area contributed by atoms with Crippen LogP contribution < -0.4 is 5.32 Å². The average molecular weight is 353 g/mol. The molecule has 0 bridgehead atoms. The van der Waals surface area contributed by atoms with Crippen LogP contribution in [0.4, 0.5) is 0 Å². The fourth-order valence-electron chi connectivity index (χ4n) is 3.02. The molecule has 0 aliphatic heterocycles. The summed E-state index contributed by atoms with van der Waals surface area (Å²) in [6.45, 7) is 4.19. The highest BCUT2D eigenvalue weighted by Crippen LogP contribution is 2.24. The molecule has 138 valence electrons. The van der Waals surface area contributed by atoms with E-state index in [1.54, 1.807) is 6.92 Å². The molecular weight excluding hydrogens is 326 g/mol. The second-order valence-corrected chi connectivity index (χ2v) is 6.26. The molecule has 2 aromatic rings. The molecule has 0 radical (unpaired) electrons. The predicted molar refractivity (Wildman–Crippen MR) is 103 cm³/mol. The Morgan fingerprint density at radius 2 is 1.46 bits per heavy atom. The first-order valence-electron chi connectivity index (χ1n) is 9.18. The zero-order valence-electron chi connectivity index (χ0n) is 15.5. The minimum absolute atomic E-state index is 0.0566. The van der Waals surface area contributed by atoms with E-state index in [0.717, 1.165) is 17.5 Å². The quantitative estimate of drug-likeness (QED) is 0.681. The monoisotopic (exact) mass is 353 g/mol. The van der Waals surface area contributed by atoms with Crippen molar-refractivity contribution in [3.63, 3.8) is 0 Å². The van der Waals surface area contributed by atoms with Gasteiger partial charge >= 0.3 is 5.97 Å². The Balaban J connectivity index is 2.06. The molecule has 0 aliphatic carbocycles. The van der Waals surface area contributed by atoms with E-state index in [4.69, 9.17) is 4.74 Å². The van der Waals surface area contributed by atoms with Crippen molar-refractivity contribution in [3.05, 3.63) is 71.8 Å². The van der Waals surface area contributed by atoms with Crippen molar-refractivity contribution >= 4 is 11.9 Å². The van der Waals surface area contributed by atoms with Gasteiger partial charge in [-0.1, -0.05) is 67.6 Å². The second kappa shape index (κ2) is 10.4. The van der Waals surface area contributed by atoms with E-state index in [1.165, 1.54) is 0 Å². The van der Waals surface area contributed by atoms with Gasteiger partial charge in [-0.2, -0.15) is 0 Å². The van der Waals surface area contributed by atoms with Gasteiger partial charge in [0, 0.05) is 6.42 Å². The number of esters is 1. The van der Waals surface area contributed by atoms with E-state index < -0.39 is 0 Å². The molecule has 1 amide bonds. The summed E-state index contributed by atoms with van der Waals surface area (Å²) in [6.07, 6.45) is 1.41. The van der Waals surface area contributed by atoms with Gasteiger partial charge in [0.2, 0.25) is 5.91 Å². The topological polar surface area (TPSA) is 55.4 Å². The Kier molecular flexibility index (Phi) is 7.87. The highest BCUT2D eigenvalue weighted by atomic mass is 16.5. The molecule has 2 aromatic carbocycles. The van der Waals surface area contributed by atoms with E-state index in [2.05, 4.69) is 24.4 Å². The van der Waals surface area contributed by atoms with Gasteiger partial charge in [0.1, 0.15) is 0 Å². The molecule has 0 heterocycles. The van der Waals surface area contributed by atoms with Crippen molar-refractivity contribution in [3.8, 4) is 0 Å². The van der Waals surface area contributed by atoms with Crippen LogP contribution in [-0.2, 0) is 14.3 Å². The molecular formula is C22H27NO3. The lowest BCUT2D eigenvalue weighted by Crippen LogP contribution is -2.31. The maximum atomic E-state index is 12.6. The lowest BCUT2D eigenvalue weighted by atomic mass is 9.92. The molecule has 1 N–H and O–H groups in total. The lowest BCUT2D eigenvalue weighted by molar-refractivity contribution is -0.143. The first-order chi connectivity index (χ1) is 12.6. The number of rotatable bonds is 9. The molecule has 0 saturated heterocycles. The number of nitrogens with one attached hydrogen (secondary N) is 1. The summed E-state index contributed by atoms with van der Waals surface area (Å²) < 4.78 is 5.06. The Bertz CT molecular complexity index is 685. The third-order valence-electron chi connectivity index (χ3n) is 4.41. The van der Waals surface area contributed by atoms with Crippen molar-refractivity contribution < 1.29 is 14.3 Å². The first-order valence-corrected chi connectivity index (χ1v) is 9.18. The number of carbonyl (C=O) groups is 2. The van der Waals surface area contributed by atoms with Gasteiger partial charge in [-0.25, -0.2) is 0 Å². The van der Waals surface area contributed by atoms with Crippen LogP contribution in [-0.4, -0.2) is 18.5 Å². The van der Waals surface area contributed by atoms with E-state index in [0.29, 0.717) is 13.0 Å². The summed E-state index contributed by atoms with van der Waals surface area (Å²) >= 11 is 0. The minimum Gasteiger partial charge on any atom is -0.466 e. The van der Waals surface area contributed by atoms with Gasteiger partial charge < -0.3 is 10.1 Å². The number of carbonyl (C=O) groups excluding carboxylic acids is 2. The summed E-state index contributed by atoms with van der Waals surface area (Å²) in [7, 11) is 0. The zero-order chi connectivity index (χ0) is 18.8. The van der Waals surface area contributed by atoms with Gasteiger partial charge in [0.05, 0.1) is 19.1 Å². The standard InChI is InChI=1S/C22H27NO3/c1-3-17(18-11-7-5-8-12-18)15-21(24)23-20(16-22(25)26-4-2)19-13-9-6-10-14-19/h5-14,17,20H,3-4,15-16H2,1-2H3,(H,23,24). The Morgan fingerprint density at radius 3 is 2.00 bits per heavy atom. The molecule has 4 nitrogen and oxygen atoms in total. The second-order valence-electron chi connectivity index (χ2n) is 6.26. The molecule has 0 spiro atoms. The SMILES string of the molecule is CCOC(=O)CC(NC(=O)CC(CC)c1ccccc1)c1ccccc1. The molecule has 0 aromatic heterocycles. The van der Waals surface area contributed by atoms with Crippen LogP contribution in [0.1, 0.15) is 56.2 Å². The smallest absolute Gasteiger partial charge is 0.308 e. The first kappa shape index (κ1) is 19.7. The maximum Gasteiger partial charge on any atom is 0.308 e. The van der Waals surface area contributed by atoms with E-state index >= 15 is 0 Å². The van der Waals surface area contributed by atoms with Gasteiger partial charge in [-0.15, -0.1) is 0 Å². The van der Waals surface area contributed by atoms with Crippen LogP contribution in [0.25, 0.3) is 0 Å². The predicted octanol–water partition coefficient (Wildman–Crippen LogP) is 4.38. The number of ether oxygens (including phenoxy) is 1. The van der Waals surface area contributed by atoms with Gasteiger partial charge in [0.15, 0.2) is 0 Å². The minimum atomic E-state index is -0.379. The van der Waals surface area contributed by atoms with Crippen molar-refractivity contribution in [2.75, 3.05) is 6.61 Å². The number of hydrogen-bond donors (Lipinski definition) is 1. The van der Waals surface area contributed by atoms with E-state index in [-0.39, 0.29) is 30.3 Å². The molecule has 2 atom stereocenters. The summed E-state index contributed by atoms with van der Waals surface area (Å²) in [6, 6.07) is 19.2. The lowest BCUT2D eigenvalue weighted by Gasteiger charge is -2.21. The van der Waals surface area contributed by atoms with Gasteiger partial charge in [-0.05, 0) is 30.4 Å². The molecule has 2 unspecified atom stereocenters. The summed E-state index contributed by atoms with van der Waals surface area (Å²) in [5.41, 5.74) is 2.06. The number of benzene rings is 2. The maximum absolute atomic E-state index is 12.6. The highest BCUT2D eigenvalue weighted by molar-refractivity contribution is 5.79. The Hall–Kier alpha value is -2.62. The van der Waals surface area contributed by atoms with E-state index in [9.17, 15) is 9.59 Å². The largest absolute Gasteiger partial charge is 0.466 e. The average Bonchev–Trinajstić information content (AvgIpc) is 2.67. The van der Waals surface area contributed by atoms with Crippen molar-refractivity contribution in [1.29, 1.82) is 0 Å². The van der Waals surface area contributed by atoms with Crippen molar-refractivity contribution in [2.45, 2.75) is 45.1 Å². The molecule has 26 heavy (non-hydrogen) atoms. The van der Waals surface area contributed by atoms with Crippen molar-refractivity contribution in [1.82, 2.24) is 5.32 Å². The Labute approximate surface area is 155 Å². The number of amides is 1. The zero-order valence-corrected chi connectivity index (χ0v) is 15.5. The van der Waals surface area contributed by atoms with Gasteiger partial charge in [-0.3, -0.25) is 9.59 Å². The van der Waals surface area contributed by atoms with Crippen LogP contribution in [0.2, 0.25) is 0 Å². The fraction of sp³-hybridized carbons (Fsp3) is 0.364. The highest BCUT2D eigenvalue weighted by Gasteiger charge is 2.21. The van der Waals surface area contributed by atoms with Crippen LogP contribution in [0.3, 0.4) is 0 Å². The molecule has 4 heteroatoms. The summed E-state index contributed by atoms with van der Waals surface area (Å²) in [5, 5.41) is 3.02. The summed E-state index contributed by atoms with van der Waals surface area (Å²) in [5.74, 6) is -0.203. The molecule has 2 rings (SSSR count). The third-order valence-corrected chi connectivity index (χ3v) is 4.41.